The van der Waals surface area contributed by atoms with Crippen LogP contribution >= 0.6 is 0 Å². The van der Waals surface area contributed by atoms with E-state index in [4.69, 9.17) is 9.47 Å². The summed E-state index contributed by atoms with van der Waals surface area (Å²) in [5.41, 5.74) is 2.42. The van der Waals surface area contributed by atoms with Crippen LogP contribution in [0.25, 0.3) is 0 Å². The molecule has 2 aliphatic heterocycles. The molecular formula is C24H26FNO4. The number of carbonyl (C=O) groups is 2. The summed E-state index contributed by atoms with van der Waals surface area (Å²) in [5, 5.41) is 0. The number of morpholine rings is 1. The van der Waals surface area contributed by atoms with Crippen LogP contribution in [0.4, 0.5) is 9.18 Å². The summed E-state index contributed by atoms with van der Waals surface area (Å²) >= 11 is 0. The number of rotatable bonds is 4. The van der Waals surface area contributed by atoms with Gasteiger partial charge in [0.15, 0.2) is 5.78 Å². The van der Waals surface area contributed by atoms with Crippen molar-refractivity contribution in [2.75, 3.05) is 13.2 Å². The zero-order valence-corrected chi connectivity index (χ0v) is 17.3. The summed E-state index contributed by atoms with van der Waals surface area (Å²) in [6, 6.07) is 12.4. The van der Waals surface area contributed by atoms with Gasteiger partial charge in [-0.25, -0.2) is 9.18 Å². The number of piperidine rings is 1. The average molecular weight is 411 g/mol. The first-order valence-corrected chi connectivity index (χ1v) is 10.3. The maximum atomic E-state index is 14.0. The van der Waals surface area contributed by atoms with E-state index >= 15 is 0 Å². The zero-order chi connectivity index (χ0) is 21.3. The number of ketones is 1. The molecule has 4 rings (SSSR count). The maximum absolute atomic E-state index is 14.0. The van der Waals surface area contributed by atoms with Crippen LogP contribution < -0.4 is 0 Å². The molecule has 0 N–H and O–H groups in total. The van der Waals surface area contributed by atoms with Crippen molar-refractivity contribution >= 4 is 11.9 Å². The van der Waals surface area contributed by atoms with Crippen molar-refractivity contribution in [2.24, 2.45) is 5.92 Å². The number of hydrogen-bond acceptors (Lipinski definition) is 4. The SMILES string of the molecule is Cc1cc(C(=O)C2CC3COCC(C2)N3C(=O)OCc2ccccc2)cc(C)c1F. The normalized spacial score (nSPS) is 23.2. The van der Waals surface area contributed by atoms with Crippen LogP contribution in [0.5, 0.6) is 0 Å². The molecule has 2 aromatic rings. The highest BCUT2D eigenvalue weighted by atomic mass is 19.1. The van der Waals surface area contributed by atoms with E-state index in [0.29, 0.717) is 42.7 Å². The van der Waals surface area contributed by atoms with Crippen LogP contribution in [0, 0.1) is 25.6 Å². The number of aryl methyl sites for hydroxylation is 2. The second kappa shape index (κ2) is 8.56. The molecule has 0 aromatic heterocycles. The highest BCUT2D eigenvalue weighted by molar-refractivity contribution is 5.98. The second-order valence-electron chi connectivity index (χ2n) is 8.25. The van der Waals surface area contributed by atoms with Crippen LogP contribution in [-0.2, 0) is 16.1 Å². The van der Waals surface area contributed by atoms with E-state index in [0.717, 1.165) is 5.56 Å². The second-order valence-corrected chi connectivity index (χ2v) is 8.25. The molecule has 6 heteroatoms. The van der Waals surface area contributed by atoms with Crippen molar-refractivity contribution < 1.29 is 23.5 Å². The van der Waals surface area contributed by atoms with Gasteiger partial charge >= 0.3 is 6.09 Å². The van der Waals surface area contributed by atoms with Crippen molar-refractivity contribution in [1.82, 2.24) is 4.90 Å². The Morgan fingerprint density at radius 2 is 1.67 bits per heavy atom. The number of halogens is 1. The van der Waals surface area contributed by atoms with E-state index in [-0.39, 0.29) is 42.3 Å². The molecule has 30 heavy (non-hydrogen) atoms. The molecular weight excluding hydrogens is 385 g/mol. The first-order valence-electron chi connectivity index (χ1n) is 10.3. The number of Topliss-reactive ketones (excluding diaryl/α,β-unsaturated/α-hetero) is 1. The van der Waals surface area contributed by atoms with Gasteiger partial charge < -0.3 is 9.47 Å². The molecule has 2 heterocycles. The number of fused-ring (bicyclic) bond motifs is 2. The Kier molecular flexibility index (Phi) is 5.86. The van der Waals surface area contributed by atoms with Gasteiger partial charge in [0.1, 0.15) is 12.4 Å². The van der Waals surface area contributed by atoms with Crippen LogP contribution in [0.15, 0.2) is 42.5 Å². The highest BCUT2D eigenvalue weighted by Crippen LogP contribution is 2.34. The predicted octanol–water partition coefficient (Wildman–Crippen LogP) is 4.44. The lowest BCUT2D eigenvalue weighted by atomic mass is 9.80. The molecule has 0 aliphatic carbocycles. The van der Waals surface area contributed by atoms with Gasteiger partial charge in [-0.05, 0) is 55.5 Å². The molecule has 0 saturated carbocycles. The average Bonchev–Trinajstić information content (AvgIpc) is 2.74. The summed E-state index contributed by atoms with van der Waals surface area (Å²) in [4.78, 5) is 27.7. The lowest BCUT2D eigenvalue weighted by molar-refractivity contribution is -0.0755. The summed E-state index contributed by atoms with van der Waals surface area (Å²) < 4.78 is 25.1. The summed E-state index contributed by atoms with van der Waals surface area (Å²) in [7, 11) is 0. The van der Waals surface area contributed by atoms with Crippen LogP contribution in [0.1, 0.15) is 39.9 Å². The Morgan fingerprint density at radius 1 is 1.07 bits per heavy atom. The Balaban J connectivity index is 1.45. The summed E-state index contributed by atoms with van der Waals surface area (Å²) in [5.74, 6) is -0.477. The van der Waals surface area contributed by atoms with E-state index in [1.54, 1.807) is 30.9 Å². The molecule has 2 bridgehead atoms. The molecule has 0 spiro atoms. The van der Waals surface area contributed by atoms with E-state index in [2.05, 4.69) is 0 Å². The number of benzene rings is 2. The van der Waals surface area contributed by atoms with Gasteiger partial charge in [-0.2, -0.15) is 0 Å². The number of hydrogen-bond donors (Lipinski definition) is 0. The minimum absolute atomic E-state index is 0.00963. The first kappa shape index (κ1) is 20.5. The van der Waals surface area contributed by atoms with Gasteiger partial charge in [0.2, 0.25) is 0 Å². The fourth-order valence-corrected chi connectivity index (χ4v) is 4.55. The van der Waals surface area contributed by atoms with Crippen LogP contribution in [0.2, 0.25) is 0 Å². The zero-order valence-electron chi connectivity index (χ0n) is 17.3. The Morgan fingerprint density at radius 3 is 2.27 bits per heavy atom. The third-order valence-electron chi connectivity index (χ3n) is 6.03. The quantitative estimate of drug-likeness (QED) is 0.698. The summed E-state index contributed by atoms with van der Waals surface area (Å²) in [6.45, 7) is 4.34. The molecule has 5 nitrogen and oxygen atoms in total. The molecule has 2 saturated heterocycles. The van der Waals surface area contributed by atoms with Gasteiger partial charge in [0.25, 0.3) is 0 Å². The third kappa shape index (κ3) is 4.10. The molecule has 1 amide bonds. The van der Waals surface area contributed by atoms with Gasteiger partial charge in [0.05, 0.1) is 25.3 Å². The molecule has 0 radical (unpaired) electrons. The predicted molar refractivity (Wildman–Crippen MR) is 110 cm³/mol. The topological polar surface area (TPSA) is 55.8 Å². The lowest BCUT2D eigenvalue weighted by Crippen LogP contribution is -2.59. The van der Waals surface area contributed by atoms with E-state index < -0.39 is 0 Å². The Labute approximate surface area is 175 Å². The Hall–Kier alpha value is -2.73. The van der Waals surface area contributed by atoms with E-state index in [9.17, 15) is 14.0 Å². The Bertz CT molecular complexity index is 908. The van der Waals surface area contributed by atoms with Crippen molar-refractivity contribution in [3.8, 4) is 0 Å². The van der Waals surface area contributed by atoms with Gasteiger partial charge in [0, 0.05) is 11.5 Å². The lowest BCUT2D eigenvalue weighted by Gasteiger charge is -2.47. The van der Waals surface area contributed by atoms with Crippen LogP contribution in [0.3, 0.4) is 0 Å². The fourth-order valence-electron chi connectivity index (χ4n) is 4.55. The largest absolute Gasteiger partial charge is 0.445 e. The molecule has 158 valence electrons. The first-order chi connectivity index (χ1) is 14.4. The van der Waals surface area contributed by atoms with Gasteiger partial charge in [-0.1, -0.05) is 30.3 Å². The van der Waals surface area contributed by atoms with E-state index in [1.165, 1.54) is 0 Å². The number of carbonyl (C=O) groups excluding carboxylic acids is 2. The monoisotopic (exact) mass is 411 g/mol. The molecule has 2 fully saturated rings. The summed E-state index contributed by atoms with van der Waals surface area (Å²) in [6.07, 6.45) is 0.674. The molecule has 2 atom stereocenters. The third-order valence-corrected chi connectivity index (χ3v) is 6.03. The highest BCUT2D eigenvalue weighted by Gasteiger charge is 2.44. The molecule has 2 unspecified atom stereocenters. The van der Waals surface area contributed by atoms with Crippen molar-refractivity contribution in [1.29, 1.82) is 0 Å². The maximum Gasteiger partial charge on any atom is 0.410 e. The fraction of sp³-hybridized carbons (Fsp3) is 0.417. The minimum atomic E-state index is -0.364. The van der Waals surface area contributed by atoms with Crippen LogP contribution in [-0.4, -0.2) is 42.1 Å². The number of ether oxygens (including phenoxy) is 2. The number of nitrogens with zero attached hydrogens (tertiary/aromatic N) is 1. The standard InChI is InChI=1S/C24H26FNO4/c1-15-8-18(9-16(2)22(15)25)23(27)19-10-20-13-29-14-21(11-19)26(20)24(28)30-12-17-6-4-3-5-7-17/h3-9,19-21H,10-14H2,1-2H3. The van der Waals surface area contributed by atoms with Crippen molar-refractivity contribution in [2.45, 2.75) is 45.4 Å². The smallest absolute Gasteiger partial charge is 0.410 e. The van der Waals surface area contributed by atoms with Gasteiger partial charge in [-0.15, -0.1) is 0 Å². The number of amides is 1. The molecule has 2 aliphatic rings. The van der Waals surface area contributed by atoms with Crippen molar-refractivity contribution in [3.63, 3.8) is 0 Å². The van der Waals surface area contributed by atoms with Gasteiger partial charge in [-0.3, -0.25) is 9.69 Å². The molecule has 2 aromatic carbocycles. The minimum Gasteiger partial charge on any atom is -0.445 e. The van der Waals surface area contributed by atoms with Crippen molar-refractivity contribution in [3.05, 3.63) is 70.5 Å². The van der Waals surface area contributed by atoms with E-state index in [1.807, 2.05) is 30.3 Å².